The van der Waals surface area contributed by atoms with Crippen molar-refractivity contribution in [1.82, 2.24) is 20.0 Å². The maximum absolute atomic E-state index is 11.3. The van der Waals surface area contributed by atoms with E-state index in [0.29, 0.717) is 18.8 Å². The average Bonchev–Trinajstić information content (AvgIpc) is 2.61. The summed E-state index contributed by atoms with van der Waals surface area (Å²) in [6.45, 7) is 4.47. The van der Waals surface area contributed by atoms with Gasteiger partial charge in [0.15, 0.2) is 0 Å². The molecule has 0 bridgehead atoms. The van der Waals surface area contributed by atoms with Gasteiger partial charge in [-0.25, -0.2) is 0 Å². The number of hydrogen-bond donors (Lipinski definition) is 2. The van der Waals surface area contributed by atoms with E-state index in [9.17, 15) is 4.79 Å². The molecule has 0 fully saturated rings. The summed E-state index contributed by atoms with van der Waals surface area (Å²) in [4.78, 5) is 13.2. The van der Waals surface area contributed by atoms with Gasteiger partial charge in [0.1, 0.15) is 0 Å². The molecule has 0 radical (unpaired) electrons. The number of hydrogen-bond acceptors (Lipinski definition) is 4. The van der Waals surface area contributed by atoms with Gasteiger partial charge in [0, 0.05) is 19.3 Å². The normalized spacial score (nSPS) is 10.7. The molecule has 1 heterocycles. The van der Waals surface area contributed by atoms with Crippen LogP contribution in [-0.4, -0.2) is 47.3 Å². The fourth-order valence-electron chi connectivity index (χ4n) is 1.35. The van der Waals surface area contributed by atoms with E-state index >= 15 is 0 Å². The van der Waals surface area contributed by atoms with Crippen LogP contribution in [0.25, 0.3) is 0 Å². The van der Waals surface area contributed by atoms with Crippen LogP contribution in [0.1, 0.15) is 6.92 Å². The van der Waals surface area contributed by atoms with Gasteiger partial charge in [-0.2, -0.15) is 5.10 Å². The molecule has 0 aliphatic carbocycles. The Bertz CT molecular complexity index is 336. The van der Waals surface area contributed by atoms with Crippen molar-refractivity contribution in [2.45, 2.75) is 13.5 Å². The van der Waals surface area contributed by atoms with Crippen molar-refractivity contribution >= 4 is 11.6 Å². The second kappa shape index (κ2) is 6.12. The van der Waals surface area contributed by atoms with E-state index in [2.05, 4.69) is 10.4 Å². The minimum absolute atomic E-state index is 0.0463. The number of anilines is 1. The smallest absolute Gasteiger partial charge is 0.234 e. The quantitative estimate of drug-likeness (QED) is 0.686. The fraction of sp³-hybridized carbons (Fsp3) is 0.600. The lowest BCUT2D eigenvalue weighted by atomic mass is 10.4. The summed E-state index contributed by atoms with van der Waals surface area (Å²) in [6.07, 6.45) is 3.39. The number of aromatic nitrogens is 2. The van der Waals surface area contributed by atoms with Crippen LogP contribution in [0.2, 0.25) is 0 Å². The predicted octanol–water partition coefficient (Wildman–Crippen LogP) is -0.467. The summed E-state index contributed by atoms with van der Waals surface area (Å²) >= 11 is 0. The van der Waals surface area contributed by atoms with Crippen LogP contribution in [0.3, 0.4) is 0 Å². The fourth-order valence-corrected chi connectivity index (χ4v) is 1.35. The SMILES string of the molecule is CCNC(=O)CN(C)CCn1cc(N)cn1. The third-order valence-corrected chi connectivity index (χ3v) is 2.15. The molecule has 1 amide bonds. The van der Waals surface area contributed by atoms with E-state index in [1.165, 1.54) is 0 Å². The van der Waals surface area contributed by atoms with E-state index < -0.39 is 0 Å². The maximum atomic E-state index is 11.3. The minimum atomic E-state index is 0.0463. The van der Waals surface area contributed by atoms with Crippen molar-refractivity contribution in [1.29, 1.82) is 0 Å². The average molecular weight is 225 g/mol. The number of nitrogens with zero attached hydrogens (tertiary/aromatic N) is 3. The highest BCUT2D eigenvalue weighted by atomic mass is 16.1. The molecule has 0 aliphatic rings. The van der Waals surface area contributed by atoms with Crippen LogP contribution in [-0.2, 0) is 11.3 Å². The standard InChI is InChI=1S/C10H19N5O/c1-3-12-10(16)8-14(2)4-5-15-7-9(11)6-13-15/h6-7H,3-5,8,11H2,1-2H3,(H,12,16). The number of nitrogens with one attached hydrogen (secondary N) is 1. The molecule has 0 spiro atoms. The zero-order valence-corrected chi connectivity index (χ0v) is 9.81. The van der Waals surface area contributed by atoms with E-state index in [0.717, 1.165) is 13.1 Å². The first-order valence-electron chi connectivity index (χ1n) is 5.35. The minimum Gasteiger partial charge on any atom is -0.396 e. The van der Waals surface area contributed by atoms with E-state index in [1.54, 1.807) is 17.1 Å². The summed E-state index contributed by atoms with van der Waals surface area (Å²) in [5, 5.41) is 6.82. The first-order chi connectivity index (χ1) is 7.61. The lowest BCUT2D eigenvalue weighted by molar-refractivity contribution is -0.121. The highest BCUT2D eigenvalue weighted by Gasteiger charge is 2.05. The first kappa shape index (κ1) is 12.5. The lowest BCUT2D eigenvalue weighted by Crippen LogP contribution is -2.36. The third-order valence-electron chi connectivity index (χ3n) is 2.15. The Morgan fingerprint density at radius 3 is 3.00 bits per heavy atom. The molecular formula is C10H19N5O. The van der Waals surface area contributed by atoms with Crippen molar-refractivity contribution < 1.29 is 4.79 Å². The van der Waals surface area contributed by atoms with Crippen LogP contribution in [0.5, 0.6) is 0 Å². The molecule has 0 aliphatic heterocycles. The number of likely N-dealkylation sites (N-methyl/N-ethyl adjacent to an activating group) is 2. The molecule has 6 heteroatoms. The second-order valence-electron chi connectivity index (χ2n) is 3.73. The monoisotopic (exact) mass is 225 g/mol. The summed E-state index contributed by atoms with van der Waals surface area (Å²) in [5.41, 5.74) is 6.20. The van der Waals surface area contributed by atoms with Gasteiger partial charge in [-0.1, -0.05) is 0 Å². The summed E-state index contributed by atoms with van der Waals surface area (Å²) < 4.78 is 1.77. The Labute approximate surface area is 95.4 Å². The van der Waals surface area contributed by atoms with Gasteiger partial charge >= 0.3 is 0 Å². The van der Waals surface area contributed by atoms with Gasteiger partial charge in [0.25, 0.3) is 0 Å². The molecule has 6 nitrogen and oxygen atoms in total. The molecule has 0 saturated carbocycles. The summed E-state index contributed by atoms with van der Waals surface area (Å²) in [7, 11) is 1.90. The number of amides is 1. The van der Waals surface area contributed by atoms with Gasteiger partial charge in [-0.15, -0.1) is 0 Å². The van der Waals surface area contributed by atoms with Crippen molar-refractivity contribution in [2.24, 2.45) is 0 Å². The lowest BCUT2D eigenvalue weighted by Gasteiger charge is -2.15. The first-order valence-corrected chi connectivity index (χ1v) is 5.35. The zero-order chi connectivity index (χ0) is 12.0. The Morgan fingerprint density at radius 1 is 1.69 bits per heavy atom. The molecule has 16 heavy (non-hydrogen) atoms. The van der Waals surface area contributed by atoms with Crippen LogP contribution in [0.15, 0.2) is 12.4 Å². The molecule has 0 saturated heterocycles. The van der Waals surface area contributed by atoms with Crippen LogP contribution < -0.4 is 11.1 Å². The Kier molecular flexibility index (Phi) is 4.78. The van der Waals surface area contributed by atoms with Crippen molar-refractivity contribution in [3.8, 4) is 0 Å². The third kappa shape index (κ3) is 4.31. The van der Waals surface area contributed by atoms with E-state index in [-0.39, 0.29) is 5.91 Å². The van der Waals surface area contributed by atoms with Crippen LogP contribution in [0, 0.1) is 0 Å². The highest BCUT2D eigenvalue weighted by molar-refractivity contribution is 5.77. The second-order valence-corrected chi connectivity index (χ2v) is 3.73. The van der Waals surface area contributed by atoms with Crippen molar-refractivity contribution in [3.63, 3.8) is 0 Å². The Morgan fingerprint density at radius 2 is 2.44 bits per heavy atom. The zero-order valence-electron chi connectivity index (χ0n) is 9.81. The molecule has 0 aromatic carbocycles. The molecule has 0 unspecified atom stereocenters. The maximum Gasteiger partial charge on any atom is 0.234 e. The molecule has 1 aromatic rings. The van der Waals surface area contributed by atoms with E-state index in [1.807, 2.05) is 18.9 Å². The summed E-state index contributed by atoms with van der Waals surface area (Å²) in [6, 6.07) is 0. The number of rotatable bonds is 6. The molecule has 1 rings (SSSR count). The molecular weight excluding hydrogens is 206 g/mol. The Hall–Kier alpha value is -1.56. The molecule has 1 aromatic heterocycles. The van der Waals surface area contributed by atoms with Gasteiger partial charge in [0.2, 0.25) is 5.91 Å². The number of carbonyl (C=O) groups is 1. The predicted molar refractivity (Wildman–Crippen MR) is 62.8 cm³/mol. The molecule has 90 valence electrons. The van der Waals surface area contributed by atoms with Crippen LogP contribution >= 0.6 is 0 Å². The summed E-state index contributed by atoms with van der Waals surface area (Å²) in [5.74, 6) is 0.0463. The number of carbonyl (C=O) groups excluding carboxylic acids is 1. The number of nitrogens with two attached hydrogens (primary N) is 1. The number of nitrogen functional groups attached to an aromatic ring is 1. The van der Waals surface area contributed by atoms with Crippen molar-refractivity contribution in [2.75, 3.05) is 32.4 Å². The topological polar surface area (TPSA) is 76.2 Å². The highest BCUT2D eigenvalue weighted by Crippen LogP contribution is 1.97. The van der Waals surface area contributed by atoms with E-state index in [4.69, 9.17) is 5.73 Å². The van der Waals surface area contributed by atoms with Gasteiger partial charge in [-0.3, -0.25) is 14.4 Å². The molecule has 0 atom stereocenters. The van der Waals surface area contributed by atoms with Gasteiger partial charge < -0.3 is 11.1 Å². The van der Waals surface area contributed by atoms with Gasteiger partial charge in [-0.05, 0) is 14.0 Å². The van der Waals surface area contributed by atoms with Crippen LogP contribution in [0.4, 0.5) is 5.69 Å². The Balaban J connectivity index is 2.24. The van der Waals surface area contributed by atoms with Crippen molar-refractivity contribution in [3.05, 3.63) is 12.4 Å². The van der Waals surface area contributed by atoms with Gasteiger partial charge in [0.05, 0.1) is 25.0 Å². The molecule has 3 N–H and O–H groups in total. The largest absolute Gasteiger partial charge is 0.396 e.